The Morgan fingerprint density at radius 1 is 1.37 bits per heavy atom. The van der Waals surface area contributed by atoms with Crippen molar-refractivity contribution in [2.75, 3.05) is 26.3 Å². The Balaban J connectivity index is 1.96. The SMILES string of the molecule is CC1CN(C(=O)OC(C)(C)C)CC=C1C1OCCO1. The number of carbonyl (C=O) groups excluding carboxylic acids is 1. The largest absolute Gasteiger partial charge is 0.444 e. The van der Waals surface area contributed by atoms with Crippen molar-refractivity contribution in [2.24, 2.45) is 5.92 Å². The maximum Gasteiger partial charge on any atom is 0.410 e. The third-order valence-corrected chi connectivity index (χ3v) is 3.16. The van der Waals surface area contributed by atoms with Gasteiger partial charge in [0.05, 0.1) is 13.2 Å². The van der Waals surface area contributed by atoms with Crippen LogP contribution in [0.25, 0.3) is 0 Å². The maximum absolute atomic E-state index is 12.0. The highest BCUT2D eigenvalue weighted by Gasteiger charge is 2.31. The van der Waals surface area contributed by atoms with E-state index in [0.29, 0.717) is 26.3 Å². The number of amides is 1. The molecule has 0 aromatic carbocycles. The van der Waals surface area contributed by atoms with Crippen LogP contribution in [0.3, 0.4) is 0 Å². The lowest BCUT2D eigenvalue weighted by Crippen LogP contribution is -2.43. The van der Waals surface area contributed by atoms with Crippen molar-refractivity contribution < 1.29 is 19.0 Å². The van der Waals surface area contributed by atoms with Crippen LogP contribution in [0.5, 0.6) is 0 Å². The van der Waals surface area contributed by atoms with Gasteiger partial charge >= 0.3 is 6.09 Å². The van der Waals surface area contributed by atoms with Crippen molar-refractivity contribution in [1.29, 1.82) is 0 Å². The summed E-state index contributed by atoms with van der Waals surface area (Å²) in [5.74, 6) is 0.226. The van der Waals surface area contributed by atoms with Gasteiger partial charge < -0.3 is 19.1 Å². The fourth-order valence-corrected chi connectivity index (χ4v) is 2.28. The van der Waals surface area contributed by atoms with Gasteiger partial charge in [0, 0.05) is 13.1 Å². The lowest BCUT2D eigenvalue weighted by atomic mass is 9.96. The van der Waals surface area contributed by atoms with E-state index in [-0.39, 0.29) is 18.3 Å². The van der Waals surface area contributed by atoms with Crippen molar-refractivity contribution in [3.63, 3.8) is 0 Å². The smallest absolute Gasteiger partial charge is 0.410 e. The summed E-state index contributed by atoms with van der Waals surface area (Å²) >= 11 is 0. The minimum atomic E-state index is -0.456. The summed E-state index contributed by atoms with van der Waals surface area (Å²) in [5.41, 5.74) is 0.680. The minimum absolute atomic E-state index is 0.226. The molecule has 0 spiro atoms. The molecule has 1 atom stereocenters. The molecule has 5 nitrogen and oxygen atoms in total. The van der Waals surface area contributed by atoms with E-state index in [1.807, 2.05) is 26.8 Å². The van der Waals surface area contributed by atoms with E-state index >= 15 is 0 Å². The lowest BCUT2D eigenvalue weighted by Gasteiger charge is -2.33. The quantitative estimate of drug-likeness (QED) is 0.685. The van der Waals surface area contributed by atoms with Crippen LogP contribution in [-0.2, 0) is 14.2 Å². The summed E-state index contributed by atoms with van der Waals surface area (Å²) in [6.45, 7) is 10.2. The van der Waals surface area contributed by atoms with Gasteiger partial charge in [-0.1, -0.05) is 13.0 Å². The Morgan fingerprint density at radius 3 is 2.53 bits per heavy atom. The van der Waals surface area contributed by atoms with Gasteiger partial charge in [-0.25, -0.2) is 4.79 Å². The van der Waals surface area contributed by atoms with Crippen molar-refractivity contribution >= 4 is 6.09 Å². The molecule has 1 amide bonds. The predicted octanol–water partition coefficient (Wildman–Crippen LogP) is 2.17. The summed E-state index contributed by atoms with van der Waals surface area (Å²) in [6.07, 6.45) is 1.53. The number of ether oxygens (including phenoxy) is 3. The van der Waals surface area contributed by atoms with E-state index in [1.54, 1.807) is 4.90 Å². The molecule has 0 radical (unpaired) electrons. The van der Waals surface area contributed by atoms with Crippen LogP contribution in [0.2, 0.25) is 0 Å². The zero-order chi connectivity index (χ0) is 14.0. The number of hydrogen-bond donors (Lipinski definition) is 0. The van der Waals surface area contributed by atoms with Crippen molar-refractivity contribution in [1.82, 2.24) is 4.90 Å². The van der Waals surface area contributed by atoms with Gasteiger partial charge in [-0.3, -0.25) is 0 Å². The summed E-state index contributed by atoms with van der Waals surface area (Å²) in [5, 5.41) is 0. The fraction of sp³-hybridized carbons (Fsp3) is 0.786. The lowest BCUT2D eigenvalue weighted by molar-refractivity contribution is -0.0230. The third-order valence-electron chi connectivity index (χ3n) is 3.16. The second-order valence-corrected chi connectivity index (χ2v) is 6.06. The Bertz CT molecular complexity index is 366. The monoisotopic (exact) mass is 269 g/mol. The molecule has 0 aromatic heterocycles. The van der Waals surface area contributed by atoms with Gasteiger partial charge in [-0.15, -0.1) is 0 Å². The Kier molecular flexibility index (Phi) is 4.16. The number of carbonyl (C=O) groups is 1. The molecule has 2 aliphatic heterocycles. The van der Waals surface area contributed by atoms with Crippen molar-refractivity contribution in [2.45, 2.75) is 39.6 Å². The molecule has 1 unspecified atom stereocenters. The molecule has 1 saturated heterocycles. The highest BCUT2D eigenvalue weighted by Crippen LogP contribution is 2.26. The molecule has 2 aliphatic rings. The highest BCUT2D eigenvalue weighted by molar-refractivity contribution is 5.68. The van der Waals surface area contributed by atoms with Crippen LogP contribution < -0.4 is 0 Å². The highest BCUT2D eigenvalue weighted by atomic mass is 16.7. The van der Waals surface area contributed by atoms with Gasteiger partial charge in [-0.05, 0) is 32.3 Å². The van der Waals surface area contributed by atoms with Crippen LogP contribution in [0.4, 0.5) is 4.79 Å². The molecular formula is C14H23NO4. The zero-order valence-corrected chi connectivity index (χ0v) is 12.1. The summed E-state index contributed by atoms with van der Waals surface area (Å²) in [6, 6.07) is 0. The Morgan fingerprint density at radius 2 is 2.00 bits per heavy atom. The molecule has 0 saturated carbocycles. The molecule has 0 aliphatic carbocycles. The average molecular weight is 269 g/mol. The molecule has 19 heavy (non-hydrogen) atoms. The summed E-state index contributed by atoms with van der Waals surface area (Å²) in [4.78, 5) is 13.7. The number of hydrogen-bond acceptors (Lipinski definition) is 4. The molecule has 0 N–H and O–H groups in total. The first-order chi connectivity index (χ1) is 8.87. The first-order valence-electron chi connectivity index (χ1n) is 6.78. The van der Waals surface area contributed by atoms with Gasteiger partial charge in [-0.2, -0.15) is 0 Å². The molecule has 2 rings (SSSR count). The van der Waals surface area contributed by atoms with E-state index in [1.165, 1.54) is 0 Å². The molecular weight excluding hydrogens is 246 g/mol. The predicted molar refractivity (Wildman–Crippen MR) is 70.7 cm³/mol. The zero-order valence-electron chi connectivity index (χ0n) is 12.1. The first kappa shape index (κ1) is 14.3. The minimum Gasteiger partial charge on any atom is -0.444 e. The second kappa shape index (κ2) is 5.51. The third kappa shape index (κ3) is 3.70. The van der Waals surface area contributed by atoms with Crippen LogP contribution >= 0.6 is 0 Å². The Labute approximate surface area is 114 Å². The summed E-state index contributed by atoms with van der Waals surface area (Å²) in [7, 11) is 0. The topological polar surface area (TPSA) is 48.0 Å². The number of rotatable bonds is 1. The van der Waals surface area contributed by atoms with Gasteiger partial charge in [0.2, 0.25) is 0 Å². The molecule has 0 aromatic rings. The first-order valence-corrected chi connectivity index (χ1v) is 6.78. The van der Waals surface area contributed by atoms with E-state index in [0.717, 1.165) is 5.57 Å². The van der Waals surface area contributed by atoms with Gasteiger partial charge in [0.25, 0.3) is 0 Å². The standard InChI is InChI=1S/C14H23NO4/c1-10-9-15(13(16)19-14(2,3)4)6-5-11(10)12-17-7-8-18-12/h5,10,12H,6-9H2,1-4H3. The molecule has 5 heteroatoms. The maximum atomic E-state index is 12.0. The molecule has 2 heterocycles. The van der Waals surface area contributed by atoms with E-state index in [4.69, 9.17) is 14.2 Å². The summed E-state index contributed by atoms with van der Waals surface area (Å²) < 4.78 is 16.4. The van der Waals surface area contributed by atoms with Crippen LogP contribution in [0, 0.1) is 5.92 Å². The van der Waals surface area contributed by atoms with E-state index in [2.05, 4.69) is 6.92 Å². The Hall–Kier alpha value is -1.07. The van der Waals surface area contributed by atoms with E-state index in [9.17, 15) is 4.79 Å². The van der Waals surface area contributed by atoms with Crippen molar-refractivity contribution in [3.8, 4) is 0 Å². The normalized spacial score (nSPS) is 25.4. The fourth-order valence-electron chi connectivity index (χ4n) is 2.28. The van der Waals surface area contributed by atoms with Crippen LogP contribution in [0.1, 0.15) is 27.7 Å². The molecule has 108 valence electrons. The molecule has 0 bridgehead atoms. The average Bonchev–Trinajstić information content (AvgIpc) is 2.79. The van der Waals surface area contributed by atoms with Gasteiger partial charge in [0.1, 0.15) is 5.60 Å². The van der Waals surface area contributed by atoms with Crippen LogP contribution in [-0.4, -0.2) is 49.2 Å². The molecule has 1 fully saturated rings. The van der Waals surface area contributed by atoms with Gasteiger partial charge in [0.15, 0.2) is 6.29 Å². The van der Waals surface area contributed by atoms with Crippen LogP contribution in [0.15, 0.2) is 11.6 Å². The second-order valence-electron chi connectivity index (χ2n) is 6.06. The number of nitrogens with zero attached hydrogens (tertiary/aromatic N) is 1. The van der Waals surface area contributed by atoms with E-state index < -0.39 is 5.60 Å². The van der Waals surface area contributed by atoms with Crippen molar-refractivity contribution in [3.05, 3.63) is 11.6 Å².